The van der Waals surface area contributed by atoms with Gasteiger partial charge in [-0.05, 0) is 19.6 Å². The lowest BCUT2D eigenvalue weighted by Crippen LogP contribution is -2.32. The number of nitriles is 1. The molecule has 0 aromatic heterocycles. The van der Waals surface area contributed by atoms with Crippen LogP contribution >= 0.6 is 12.6 Å². The van der Waals surface area contributed by atoms with Crippen LogP contribution in [0.25, 0.3) is 0 Å². The van der Waals surface area contributed by atoms with E-state index in [4.69, 9.17) is 9.69 Å². The Labute approximate surface area is 75.1 Å². The van der Waals surface area contributed by atoms with Crippen LogP contribution in [-0.2, 0) is 4.43 Å². The summed E-state index contributed by atoms with van der Waals surface area (Å²) in [7, 11) is -1.48. The number of hydrogen-bond acceptors (Lipinski definition) is 3. The Morgan fingerprint density at radius 1 is 1.55 bits per heavy atom. The third kappa shape index (κ3) is 6.42. The molecule has 0 bridgehead atoms. The molecule has 0 aromatic rings. The maximum Gasteiger partial charge on any atom is 0.184 e. The summed E-state index contributed by atoms with van der Waals surface area (Å²) < 4.78 is 5.67. The van der Waals surface area contributed by atoms with Gasteiger partial charge in [0.1, 0.15) is 0 Å². The van der Waals surface area contributed by atoms with Crippen LogP contribution in [0, 0.1) is 11.3 Å². The molecule has 0 heterocycles. The van der Waals surface area contributed by atoms with Gasteiger partial charge in [-0.2, -0.15) is 17.9 Å². The maximum atomic E-state index is 8.42. The summed E-state index contributed by atoms with van der Waals surface area (Å²) in [6, 6.07) is 2.09. The molecule has 0 fully saturated rings. The van der Waals surface area contributed by atoms with E-state index in [2.05, 4.69) is 38.3 Å². The van der Waals surface area contributed by atoms with Gasteiger partial charge in [-0.3, -0.25) is 0 Å². The maximum absolute atomic E-state index is 8.42. The molecule has 0 saturated carbocycles. The molecule has 0 unspecified atom stereocenters. The molecule has 0 spiro atoms. The first kappa shape index (κ1) is 11.0. The highest BCUT2D eigenvalue weighted by Crippen LogP contribution is 2.10. The molecular formula is C7H15NOSSi. The molecule has 4 heteroatoms. The minimum atomic E-state index is -1.48. The zero-order valence-electron chi connectivity index (χ0n) is 7.29. The Morgan fingerprint density at radius 2 is 2.09 bits per heavy atom. The van der Waals surface area contributed by atoms with Crippen LogP contribution in [0.5, 0.6) is 0 Å². The summed E-state index contributed by atoms with van der Waals surface area (Å²) in [5.74, 6) is 0.637. The molecule has 1 atom stereocenters. The summed E-state index contributed by atoms with van der Waals surface area (Å²) in [4.78, 5) is 0. The topological polar surface area (TPSA) is 33.0 Å². The molecule has 0 aliphatic rings. The van der Waals surface area contributed by atoms with Crippen LogP contribution in [-0.4, -0.2) is 20.2 Å². The molecule has 2 nitrogen and oxygen atoms in total. The first-order valence-electron chi connectivity index (χ1n) is 3.65. The molecule has 0 saturated heterocycles. The molecule has 0 N–H and O–H groups in total. The summed E-state index contributed by atoms with van der Waals surface area (Å²) in [6.07, 6.45) is 0.475. The van der Waals surface area contributed by atoms with Crippen LogP contribution in [0.15, 0.2) is 0 Å². The van der Waals surface area contributed by atoms with E-state index in [1.165, 1.54) is 0 Å². The summed E-state index contributed by atoms with van der Waals surface area (Å²) in [6.45, 7) is 6.34. The molecule has 0 rings (SSSR count). The van der Waals surface area contributed by atoms with E-state index in [0.29, 0.717) is 12.2 Å². The van der Waals surface area contributed by atoms with Crippen molar-refractivity contribution in [2.45, 2.75) is 32.2 Å². The fraction of sp³-hybridized carbons (Fsp3) is 0.857. The summed E-state index contributed by atoms with van der Waals surface area (Å²) in [5, 5.41) is 8.42. The zero-order chi connectivity index (χ0) is 8.91. The minimum Gasteiger partial charge on any atom is -0.413 e. The lowest BCUT2D eigenvalue weighted by molar-refractivity contribution is 0.224. The second-order valence-corrected chi connectivity index (χ2v) is 8.22. The van der Waals surface area contributed by atoms with E-state index >= 15 is 0 Å². The van der Waals surface area contributed by atoms with E-state index in [0.717, 1.165) is 0 Å². The molecule has 0 aliphatic carbocycles. The third-order valence-corrected chi connectivity index (χ3v) is 2.49. The Bertz CT molecular complexity index is 150. The van der Waals surface area contributed by atoms with Crippen LogP contribution in [0.3, 0.4) is 0 Å². The minimum absolute atomic E-state index is 0.0231. The normalized spacial score (nSPS) is 14.1. The van der Waals surface area contributed by atoms with Gasteiger partial charge in [0.15, 0.2) is 8.32 Å². The largest absolute Gasteiger partial charge is 0.413 e. The van der Waals surface area contributed by atoms with Crippen molar-refractivity contribution < 1.29 is 4.43 Å². The van der Waals surface area contributed by atoms with Crippen molar-refractivity contribution in [3.8, 4) is 6.07 Å². The average Bonchev–Trinajstić information content (AvgIpc) is 1.84. The fourth-order valence-corrected chi connectivity index (χ4v) is 2.26. The first-order chi connectivity index (χ1) is 4.99. The van der Waals surface area contributed by atoms with E-state index in [-0.39, 0.29) is 6.10 Å². The van der Waals surface area contributed by atoms with Crippen molar-refractivity contribution in [3.63, 3.8) is 0 Å². The van der Waals surface area contributed by atoms with Gasteiger partial charge < -0.3 is 4.43 Å². The predicted octanol–water partition coefficient (Wildman–Crippen LogP) is 2.05. The zero-order valence-corrected chi connectivity index (χ0v) is 9.19. The smallest absolute Gasteiger partial charge is 0.184 e. The van der Waals surface area contributed by atoms with Gasteiger partial charge in [-0.1, -0.05) is 0 Å². The number of nitrogens with zero attached hydrogens (tertiary/aromatic N) is 1. The van der Waals surface area contributed by atoms with Crippen molar-refractivity contribution in [1.82, 2.24) is 0 Å². The molecule has 0 aromatic carbocycles. The van der Waals surface area contributed by atoms with E-state index in [1.807, 2.05) is 0 Å². The average molecular weight is 189 g/mol. The quantitative estimate of drug-likeness (QED) is 0.542. The second kappa shape index (κ2) is 4.81. The summed E-state index contributed by atoms with van der Waals surface area (Å²) >= 11 is 4.11. The number of thiol groups is 1. The highest BCUT2D eigenvalue weighted by Gasteiger charge is 2.19. The van der Waals surface area contributed by atoms with Crippen LogP contribution < -0.4 is 0 Å². The Hall–Kier alpha value is 0.0169. The van der Waals surface area contributed by atoms with Gasteiger partial charge in [0.2, 0.25) is 0 Å². The Morgan fingerprint density at radius 3 is 2.36 bits per heavy atom. The SMILES string of the molecule is C[Si](C)(C)O[C@H](CS)CC#N. The molecule has 0 aliphatic heterocycles. The van der Waals surface area contributed by atoms with Crippen molar-refractivity contribution >= 4 is 20.9 Å². The first-order valence-corrected chi connectivity index (χ1v) is 7.69. The fourth-order valence-electron chi connectivity index (χ4n) is 0.745. The van der Waals surface area contributed by atoms with Gasteiger partial charge in [-0.25, -0.2) is 0 Å². The van der Waals surface area contributed by atoms with Gasteiger partial charge in [-0.15, -0.1) is 0 Å². The van der Waals surface area contributed by atoms with Crippen molar-refractivity contribution in [3.05, 3.63) is 0 Å². The number of rotatable bonds is 4. The van der Waals surface area contributed by atoms with Crippen LogP contribution in [0.4, 0.5) is 0 Å². The second-order valence-electron chi connectivity index (χ2n) is 3.40. The van der Waals surface area contributed by atoms with Crippen molar-refractivity contribution in [1.29, 1.82) is 5.26 Å². The Kier molecular flexibility index (Phi) is 4.81. The summed E-state index contributed by atoms with van der Waals surface area (Å²) in [5.41, 5.74) is 0. The molecule has 64 valence electrons. The van der Waals surface area contributed by atoms with Crippen molar-refractivity contribution in [2.24, 2.45) is 0 Å². The van der Waals surface area contributed by atoms with Crippen LogP contribution in [0.1, 0.15) is 6.42 Å². The highest BCUT2D eigenvalue weighted by molar-refractivity contribution is 7.80. The van der Waals surface area contributed by atoms with E-state index < -0.39 is 8.32 Å². The number of hydrogen-bond donors (Lipinski definition) is 1. The molecule has 11 heavy (non-hydrogen) atoms. The van der Waals surface area contributed by atoms with E-state index in [9.17, 15) is 0 Å². The monoisotopic (exact) mass is 189 g/mol. The molecular weight excluding hydrogens is 174 g/mol. The van der Waals surface area contributed by atoms with Gasteiger partial charge in [0.25, 0.3) is 0 Å². The molecule has 0 radical (unpaired) electrons. The van der Waals surface area contributed by atoms with E-state index in [1.54, 1.807) is 0 Å². The van der Waals surface area contributed by atoms with Gasteiger partial charge >= 0.3 is 0 Å². The molecule has 0 amide bonds. The predicted molar refractivity (Wildman–Crippen MR) is 52.3 cm³/mol. The highest BCUT2D eigenvalue weighted by atomic mass is 32.1. The van der Waals surface area contributed by atoms with Gasteiger partial charge in [0, 0.05) is 5.75 Å². The lowest BCUT2D eigenvalue weighted by atomic mass is 10.3. The lowest BCUT2D eigenvalue weighted by Gasteiger charge is -2.23. The van der Waals surface area contributed by atoms with Gasteiger partial charge in [0.05, 0.1) is 18.6 Å². The van der Waals surface area contributed by atoms with Crippen LogP contribution in [0.2, 0.25) is 19.6 Å². The third-order valence-electron chi connectivity index (χ3n) is 1.04. The van der Waals surface area contributed by atoms with Crippen molar-refractivity contribution in [2.75, 3.05) is 5.75 Å². The Balaban J connectivity index is 3.80. The standard InChI is InChI=1S/C7H15NOSSi/c1-11(2,3)9-7(6-10)4-5-8/h7,10H,4,6H2,1-3H3/t7-/m0/s1.